The molecule has 0 aliphatic heterocycles. The molecule has 1 aliphatic carbocycles. The Morgan fingerprint density at radius 1 is 1.31 bits per heavy atom. The lowest BCUT2D eigenvalue weighted by Gasteiger charge is -2.20. The van der Waals surface area contributed by atoms with Crippen LogP contribution in [0.25, 0.3) is 5.52 Å². The van der Waals surface area contributed by atoms with Crippen LogP contribution < -0.4 is 4.74 Å². The molecule has 0 aromatic carbocycles. The number of rotatable bonds is 10. The fraction of sp³-hybridized carbons (Fsp3) is 0.619. The van der Waals surface area contributed by atoms with Gasteiger partial charge in [0.05, 0.1) is 28.6 Å². The van der Waals surface area contributed by atoms with E-state index in [9.17, 15) is 9.90 Å². The van der Waals surface area contributed by atoms with Gasteiger partial charge in [0.15, 0.2) is 5.78 Å². The van der Waals surface area contributed by atoms with Crippen LogP contribution in [0.4, 0.5) is 0 Å². The molecule has 0 unspecified atom stereocenters. The number of ether oxygens (including phenoxy) is 1. The maximum absolute atomic E-state index is 12.6. The number of pyridine rings is 1. The van der Waals surface area contributed by atoms with Gasteiger partial charge < -0.3 is 9.84 Å². The van der Waals surface area contributed by atoms with Crippen molar-refractivity contribution in [2.45, 2.75) is 77.2 Å². The van der Waals surface area contributed by atoms with E-state index in [4.69, 9.17) is 4.74 Å². The Labute approximate surface area is 155 Å². The van der Waals surface area contributed by atoms with Gasteiger partial charge in [0.1, 0.15) is 12.4 Å². The molecule has 0 amide bonds. The average molecular weight is 358 g/mol. The zero-order valence-corrected chi connectivity index (χ0v) is 16.1. The Bertz CT molecular complexity index is 769. The fourth-order valence-corrected chi connectivity index (χ4v) is 3.22. The molecule has 0 bridgehead atoms. The van der Waals surface area contributed by atoms with Crippen LogP contribution in [-0.4, -0.2) is 32.7 Å². The van der Waals surface area contributed by atoms with Crippen LogP contribution in [0.3, 0.4) is 0 Å². The highest BCUT2D eigenvalue weighted by Gasteiger charge is 2.31. The second-order valence-electron chi connectivity index (χ2n) is 8.05. The van der Waals surface area contributed by atoms with E-state index < -0.39 is 5.60 Å². The van der Waals surface area contributed by atoms with Crippen molar-refractivity contribution in [3.05, 3.63) is 29.6 Å². The summed E-state index contributed by atoms with van der Waals surface area (Å²) >= 11 is 0. The lowest BCUT2D eigenvalue weighted by Crippen LogP contribution is -2.28. The van der Waals surface area contributed by atoms with Crippen molar-refractivity contribution in [1.29, 1.82) is 0 Å². The van der Waals surface area contributed by atoms with Crippen molar-refractivity contribution in [1.82, 2.24) is 9.61 Å². The maximum Gasteiger partial charge on any atom is 0.166 e. The van der Waals surface area contributed by atoms with E-state index in [2.05, 4.69) is 12.0 Å². The highest BCUT2D eigenvalue weighted by atomic mass is 16.5. The van der Waals surface area contributed by atoms with Crippen LogP contribution in [0.5, 0.6) is 5.75 Å². The van der Waals surface area contributed by atoms with E-state index in [1.807, 2.05) is 16.6 Å². The van der Waals surface area contributed by atoms with Crippen LogP contribution in [0.2, 0.25) is 0 Å². The number of Topliss-reactive ketones (excluding diaryl/α,β-unsaturated/α-hetero) is 1. The largest absolute Gasteiger partial charge is 0.489 e. The summed E-state index contributed by atoms with van der Waals surface area (Å²) in [6, 6.07) is 3.84. The number of nitrogens with zero attached hydrogens (tertiary/aromatic N) is 2. The molecule has 1 N–H and O–H groups in total. The topological polar surface area (TPSA) is 63.8 Å². The smallest absolute Gasteiger partial charge is 0.166 e. The first-order valence-corrected chi connectivity index (χ1v) is 9.79. The molecule has 0 saturated heterocycles. The molecule has 1 saturated carbocycles. The Balaban J connectivity index is 1.83. The first-order chi connectivity index (χ1) is 12.4. The van der Waals surface area contributed by atoms with Gasteiger partial charge in [-0.2, -0.15) is 5.10 Å². The summed E-state index contributed by atoms with van der Waals surface area (Å²) in [5.74, 6) is 1.35. The van der Waals surface area contributed by atoms with Gasteiger partial charge in [-0.15, -0.1) is 0 Å². The first-order valence-electron chi connectivity index (χ1n) is 9.79. The van der Waals surface area contributed by atoms with E-state index >= 15 is 0 Å². The number of hydrogen-bond acceptors (Lipinski definition) is 4. The van der Waals surface area contributed by atoms with E-state index in [1.54, 1.807) is 20.0 Å². The third-order valence-electron chi connectivity index (χ3n) is 4.78. The van der Waals surface area contributed by atoms with Crippen LogP contribution >= 0.6 is 0 Å². The maximum atomic E-state index is 12.6. The van der Waals surface area contributed by atoms with Gasteiger partial charge in [0, 0.05) is 12.3 Å². The summed E-state index contributed by atoms with van der Waals surface area (Å²) in [6.45, 7) is 5.85. The van der Waals surface area contributed by atoms with Crippen molar-refractivity contribution in [2.75, 3.05) is 6.61 Å². The van der Waals surface area contributed by atoms with Crippen LogP contribution in [0.1, 0.15) is 87.7 Å². The van der Waals surface area contributed by atoms with E-state index in [0.717, 1.165) is 42.6 Å². The van der Waals surface area contributed by atoms with Gasteiger partial charge >= 0.3 is 0 Å². The third-order valence-corrected chi connectivity index (χ3v) is 4.78. The van der Waals surface area contributed by atoms with E-state index in [-0.39, 0.29) is 12.4 Å². The molecule has 5 heteroatoms. The first kappa shape index (κ1) is 18.9. The van der Waals surface area contributed by atoms with Crippen molar-refractivity contribution < 1.29 is 14.6 Å². The minimum absolute atomic E-state index is 0.169. The van der Waals surface area contributed by atoms with Crippen molar-refractivity contribution in [3.8, 4) is 5.75 Å². The molecule has 2 aromatic heterocycles. The third kappa shape index (κ3) is 4.44. The van der Waals surface area contributed by atoms with E-state index in [1.165, 1.54) is 12.8 Å². The molecule has 5 nitrogen and oxygen atoms in total. The molecule has 0 spiro atoms. The predicted octanol–water partition coefficient (Wildman–Crippen LogP) is 4.51. The molecule has 2 aromatic rings. The SMILES string of the molecule is CCCCCCC(=O)c1cnn2c(C3CC3)c(OCC(C)(C)O)ccc12. The van der Waals surface area contributed by atoms with Gasteiger partial charge in [-0.3, -0.25) is 4.79 Å². The Kier molecular flexibility index (Phi) is 5.66. The lowest BCUT2D eigenvalue weighted by molar-refractivity contribution is 0.0279. The van der Waals surface area contributed by atoms with Gasteiger partial charge in [-0.25, -0.2) is 4.52 Å². The number of aromatic nitrogens is 2. The molecule has 3 rings (SSSR count). The predicted molar refractivity (Wildman–Crippen MR) is 102 cm³/mol. The molecule has 142 valence electrons. The summed E-state index contributed by atoms with van der Waals surface area (Å²) in [5.41, 5.74) is 1.71. The normalized spacial score (nSPS) is 14.8. The average Bonchev–Trinajstić information content (AvgIpc) is 3.33. The highest BCUT2D eigenvalue weighted by Crippen LogP contribution is 2.44. The number of hydrogen-bond donors (Lipinski definition) is 1. The Hall–Kier alpha value is -1.88. The Morgan fingerprint density at radius 3 is 2.73 bits per heavy atom. The van der Waals surface area contributed by atoms with E-state index in [0.29, 0.717) is 17.9 Å². The summed E-state index contributed by atoms with van der Waals surface area (Å²) in [6.07, 6.45) is 8.88. The standard InChI is InChI=1S/C21H30N2O3/c1-4-5-6-7-8-18(24)16-13-22-23-17(16)11-12-19(20(23)15-9-10-15)26-14-21(2,3)25/h11-13,15,25H,4-10,14H2,1-3H3. The molecule has 0 radical (unpaired) electrons. The van der Waals surface area contributed by atoms with Gasteiger partial charge in [0.25, 0.3) is 0 Å². The van der Waals surface area contributed by atoms with Crippen molar-refractivity contribution >= 4 is 11.3 Å². The number of aliphatic hydroxyl groups is 1. The Morgan fingerprint density at radius 2 is 2.08 bits per heavy atom. The molecule has 2 heterocycles. The van der Waals surface area contributed by atoms with Gasteiger partial charge in [0.2, 0.25) is 0 Å². The minimum atomic E-state index is -0.889. The molecule has 1 fully saturated rings. The summed E-state index contributed by atoms with van der Waals surface area (Å²) < 4.78 is 7.75. The van der Waals surface area contributed by atoms with Crippen LogP contribution in [0.15, 0.2) is 18.3 Å². The van der Waals surface area contributed by atoms with Crippen molar-refractivity contribution in [3.63, 3.8) is 0 Å². The minimum Gasteiger partial charge on any atom is -0.489 e. The van der Waals surface area contributed by atoms with Crippen LogP contribution in [0, 0.1) is 0 Å². The number of fused-ring (bicyclic) bond motifs is 1. The summed E-state index contributed by atoms with van der Waals surface area (Å²) in [7, 11) is 0. The highest BCUT2D eigenvalue weighted by molar-refractivity contribution is 6.02. The second kappa shape index (κ2) is 7.78. The summed E-state index contributed by atoms with van der Waals surface area (Å²) in [5, 5.41) is 14.4. The number of carbonyl (C=O) groups is 1. The van der Waals surface area contributed by atoms with Crippen molar-refractivity contribution in [2.24, 2.45) is 0 Å². The number of unbranched alkanes of at least 4 members (excludes halogenated alkanes) is 3. The zero-order valence-electron chi connectivity index (χ0n) is 16.1. The monoisotopic (exact) mass is 358 g/mol. The molecular formula is C21H30N2O3. The zero-order chi connectivity index (χ0) is 18.7. The fourth-order valence-electron chi connectivity index (χ4n) is 3.22. The quantitative estimate of drug-likeness (QED) is 0.501. The van der Waals surface area contributed by atoms with Gasteiger partial charge in [-0.05, 0) is 45.2 Å². The lowest BCUT2D eigenvalue weighted by atomic mass is 10.0. The molecular weight excluding hydrogens is 328 g/mol. The molecule has 1 aliphatic rings. The second-order valence-corrected chi connectivity index (χ2v) is 8.05. The molecule has 26 heavy (non-hydrogen) atoms. The molecule has 0 atom stereocenters. The van der Waals surface area contributed by atoms with Crippen LogP contribution in [-0.2, 0) is 0 Å². The number of carbonyl (C=O) groups excluding carboxylic acids is 1. The number of ketones is 1. The summed E-state index contributed by atoms with van der Waals surface area (Å²) in [4.78, 5) is 12.6. The van der Waals surface area contributed by atoms with Gasteiger partial charge in [-0.1, -0.05) is 26.2 Å².